The Morgan fingerprint density at radius 1 is 0.900 bits per heavy atom. The maximum absolute atomic E-state index is 11.9. The van der Waals surface area contributed by atoms with Gasteiger partial charge in [-0.1, -0.05) is 36.4 Å². The van der Waals surface area contributed by atoms with Crippen LogP contribution in [-0.2, 0) is 14.1 Å². The molecule has 2 aromatic carbocycles. The molecular formula is C16H16N2O2. The van der Waals surface area contributed by atoms with Crippen molar-refractivity contribution in [3.8, 4) is 0 Å². The highest BCUT2D eigenvalue weighted by Crippen LogP contribution is 2.24. The maximum Gasteiger partial charge on any atom is 0.328 e. The molecular weight excluding hydrogens is 252 g/mol. The van der Waals surface area contributed by atoms with Crippen LogP contribution < -0.4 is 5.69 Å². The van der Waals surface area contributed by atoms with Gasteiger partial charge in [0.1, 0.15) is 6.10 Å². The summed E-state index contributed by atoms with van der Waals surface area (Å²) in [5.41, 5.74) is 3.25. The van der Waals surface area contributed by atoms with E-state index in [0.29, 0.717) is 0 Å². The van der Waals surface area contributed by atoms with Crippen LogP contribution in [0.4, 0.5) is 0 Å². The Hall–Kier alpha value is -2.33. The minimum Gasteiger partial charge on any atom is -0.384 e. The van der Waals surface area contributed by atoms with Crippen molar-refractivity contribution < 1.29 is 5.11 Å². The summed E-state index contributed by atoms with van der Waals surface area (Å²) >= 11 is 0. The van der Waals surface area contributed by atoms with Gasteiger partial charge in [-0.15, -0.1) is 0 Å². The molecule has 0 aliphatic carbocycles. The molecule has 0 bridgehead atoms. The first-order valence-electron chi connectivity index (χ1n) is 6.48. The number of aliphatic hydroxyl groups is 1. The number of aryl methyl sites for hydroxylation is 2. The highest BCUT2D eigenvalue weighted by molar-refractivity contribution is 5.77. The van der Waals surface area contributed by atoms with Crippen molar-refractivity contribution in [2.75, 3.05) is 0 Å². The van der Waals surface area contributed by atoms with E-state index in [-0.39, 0.29) is 5.69 Å². The normalized spacial score (nSPS) is 12.8. The Bertz CT molecular complexity index is 816. The van der Waals surface area contributed by atoms with E-state index in [9.17, 15) is 9.90 Å². The highest BCUT2D eigenvalue weighted by atomic mass is 16.3. The number of rotatable bonds is 2. The molecule has 1 aromatic heterocycles. The van der Waals surface area contributed by atoms with E-state index >= 15 is 0 Å². The molecule has 1 N–H and O–H groups in total. The van der Waals surface area contributed by atoms with Crippen molar-refractivity contribution in [1.82, 2.24) is 9.13 Å². The lowest BCUT2D eigenvalue weighted by Gasteiger charge is -2.11. The van der Waals surface area contributed by atoms with Crippen LogP contribution in [0.25, 0.3) is 11.0 Å². The van der Waals surface area contributed by atoms with Gasteiger partial charge in [0.2, 0.25) is 0 Å². The third kappa shape index (κ3) is 1.85. The molecule has 4 heteroatoms. The number of aliphatic hydroxyl groups excluding tert-OH is 1. The van der Waals surface area contributed by atoms with Gasteiger partial charge >= 0.3 is 5.69 Å². The molecule has 1 atom stereocenters. The summed E-state index contributed by atoms with van der Waals surface area (Å²) in [6, 6.07) is 15.1. The van der Waals surface area contributed by atoms with Crippen LogP contribution in [0.1, 0.15) is 17.2 Å². The van der Waals surface area contributed by atoms with Crippen LogP contribution in [0.2, 0.25) is 0 Å². The molecule has 0 saturated heterocycles. The average molecular weight is 268 g/mol. The van der Waals surface area contributed by atoms with E-state index in [1.807, 2.05) is 48.5 Å². The second-order valence-corrected chi connectivity index (χ2v) is 4.96. The molecule has 0 amide bonds. The lowest BCUT2D eigenvalue weighted by Crippen LogP contribution is -2.19. The van der Waals surface area contributed by atoms with Crippen molar-refractivity contribution in [1.29, 1.82) is 0 Å². The van der Waals surface area contributed by atoms with E-state index < -0.39 is 6.10 Å². The first-order valence-corrected chi connectivity index (χ1v) is 6.48. The summed E-state index contributed by atoms with van der Waals surface area (Å²) in [6.07, 6.45) is -0.684. The van der Waals surface area contributed by atoms with E-state index in [1.54, 1.807) is 23.2 Å². The molecule has 102 valence electrons. The van der Waals surface area contributed by atoms with Gasteiger partial charge in [-0.05, 0) is 23.3 Å². The lowest BCUT2D eigenvalue weighted by molar-refractivity contribution is 0.220. The smallest absolute Gasteiger partial charge is 0.328 e. The minimum atomic E-state index is -0.684. The zero-order valence-electron chi connectivity index (χ0n) is 11.4. The molecule has 0 fully saturated rings. The first-order chi connectivity index (χ1) is 9.59. The molecule has 20 heavy (non-hydrogen) atoms. The van der Waals surface area contributed by atoms with Crippen molar-refractivity contribution in [3.63, 3.8) is 0 Å². The summed E-state index contributed by atoms with van der Waals surface area (Å²) in [6.45, 7) is 0. The Balaban J connectivity index is 2.14. The van der Waals surface area contributed by atoms with Crippen LogP contribution in [0.3, 0.4) is 0 Å². The Morgan fingerprint density at radius 2 is 1.55 bits per heavy atom. The van der Waals surface area contributed by atoms with Crippen molar-refractivity contribution >= 4 is 11.0 Å². The van der Waals surface area contributed by atoms with Gasteiger partial charge in [0.15, 0.2) is 0 Å². The number of aromatic nitrogens is 2. The summed E-state index contributed by atoms with van der Waals surface area (Å²) in [5, 5.41) is 10.4. The lowest BCUT2D eigenvalue weighted by atomic mass is 10.0. The molecule has 3 rings (SSSR count). The molecule has 4 nitrogen and oxygen atoms in total. The van der Waals surface area contributed by atoms with Crippen LogP contribution >= 0.6 is 0 Å². The Morgan fingerprint density at radius 3 is 2.25 bits per heavy atom. The van der Waals surface area contributed by atoms with Gasteiger partial charge in [-0.2, -0.15) is 0 Å². The van der Waals surface area contributed by atoms with Crippen LogP contribution in [0, 0.1) is 0 Å². The molecule has 3 aromatic rings. The van der Waals surface area contributed by atoms with Gasteiger partial charge in [0.05, 0.1) is 11.0 Å². The molecule has 0 saturated carbocycles. The van der Waals surface area contributed by atoms with E-state index in [4.69, 9.17) is 0 Å². The first kappa shape index (κ1) is 12.7. The zero-order chi connectivity index (χ0) is 14.3. The van der Waals surface area contributed by atoms with E-state index in [0.717, 1.165) is 22.2 Å². The van der Waals surface area contributed by atoms with Gasteiger partial charge < -0.3 is 5.11 Å². The molecule has 0 spiro atoms. The average Bonchev–Trinajstić information content (AvgIpc) is 2.72. The number of fused-ring (bicyclic) bond motifs is 1. The molecule has 0 radical (unpaired) electrons. The minimum absolute atomic E-state index is 0.0636. The van der Waals surface area contributed by atoms with Gasteiger partial charge in [-0.25, -0.2) is 4.79 Å². The zero-order valence-corrected chi connectivity index (χ0v) is 11.4. The predicted octanol–water partition coefficient (Wildman–Crippen LogP) is 1.96. The highest BCUT2D eigenvalue weighted by Gasteiger charge is 2.13. The van der Waals surface area contributed by atoms with E-state index in [1.165, 1.54) is 0 Å². The third-order valence-electron chi connectivity index (χ3n) is 3.73. The fourth-order valence-electron chi connectivity index (χ4n) is 2.52. The third-order valence-corrected chi connectivity index (χ3v) is 3.73. The predicted molar refractivity (Wildman–Crippen MR) is 78.7 cm³/mol. The standard InChI is InChI=1S/C16H16N2O2/c1-17-13-9-8-12(10-14(13)18(2)16(17)20)15(19)11-6-4-3-5-7-11/h3-10,15,19H,1-2H3. The van der Waals surface area contributed by atoms with Gasteiger partial charge in [0, 0.05) is 14.1 Å². The molecule has 1 unspecified atom stereocenters. The number of hydrogen-bond donors (Lipinski definition) is 1. The van der Waals surface area contributed by atoms with Crippen molar-refractivity contribution in [2.45, 2.75) is 6.10 Å². The van der Waals surface area contributed by atoms with Crippen LogP contribution in [-0.4, -0.2) is 14.2 Å². The maximum atomic E-state index is 11.9. The topological polar surface area (TPSA) is 47.2 Å². The number of imidazole rings is 1. The van der Waals surface area contributed by atoms with Crippen molar-refractivity contribution in [2.24, 2.45) is 14.1 Å². The van der Waals surface area contributed by atoms with E-state index in [2.05, 4.69) is 0 Å². The second kappa shape index (κ2) is 4.65. The SMILES string of the molecule is Cn1c(=O)n(C)c2cc(C(O)c3ccccc3)ccc21. The Labute approximate surface area is 116 Å². The number of nitrogens with zero attached hydrogens (tertiary/aromatic N) is 2. The fraction of sp³-hybridized carbons (Fsp3) is 0.188. The fourth-order valence-corrected chi connectivity index (χ4v) is 2.52. The number of hydrogen-bond acceptors (Lipinski definition) is 2. The summed E-state index contributed by atoms with van der Waals surface area (Å²) in [4.78, 5) is 11.9. The monoisotopic (exact) mass is 268 g/mol. The van der Waals surface area contributed by atoms with Crippen LogP contribution in [0.15, 0.2) is 53.3 Å². The quantitative estimate of drug-likeness (QED) is 0.772. The van der Waals surface area contributed by atoms with Crippen molar-refractivity contribution in [3.05, 3.63) is 70.1 Å². The van der Waals surface area contributed by atoms with Crippen LogP contribution in [0.5, 0.6) is 0 Å². The largest absolute Gasteiger partial charge is 0.384 e. The summed E-state index contributed by atoms with van der Waals surface area (Å²) in [5.74, 6) is 0. The number of benzene rings is 2. The summed E-state index contributed by atoms with van der Waals surface area (Å²) < 4.78 is 3.20. The van der Waals surface area contributed by atoms with Gasteiger partial charge in [0.25, 0.3) is 0 Å². The molecule has 0 aliphatic rings. The molecule has 0 aliphatic heterocycles. The second-order valence-electron chi connectivity index (χ2n) is 4.96. The molecule has 1 heterocycles. The Kier molecular flexibility index (Phi) is 2.95. The summed E-state index contributed by atoms with van der Waals surface area (Å²) in [7, 11) is 3.49. The van der Waals surface area contributed by atoms with Gasteiger partial charge in [-0.3, -0.25) is 9.13 Å².